The Morgan fingerprint density at radius 2 is 0.706 bits per heavy atom. The molecule has 0 saturated carbocycles. The third-order valence-corrected chi connectivity index (χ3v) is 11.2. The first kappa shape index (κ1) is 23.3. The van der Waals surface area contributed by atoms with Crippen molar-refractivity contribution in [3.8, 4) is 0 Å². The van der Waals surface area contributed by atoms with Crippen LogP contribution in [-0.2, 0) is 20.8 Å². The van der Waals surface area contributed by atoms with Gasteiger partial charge in [0.05, 0.1) is 22.6 Å². The summed E-state index contributed by atoms with van der Waals surface area (Å²) in [5.41, 5.74) is 0. The summed E-state index contributed by atoms with van der Waals surface area (Å²) in [5.74, 6) is 0. The Hall–Kier alpha value is -2.50. The van der Waals surface area contributed by atoms with E-state index < -0.39 is 0 Å². The van der Waals surface area contributed by atoms with Crippen molar-refractivity contribution in [2.45, 2.75) is 34.3 Å². The largest absolute Gasteiger partial charge is 0.173 e. The minimum atomic E-state index is -0.210. The number of hydrogen-bond donors (Lipinski definition) is 1. The van der Waals surface area contributed by atoms with Crippen LogP contribution in [0.1, 0.15) is 0 Å². The van der Waals surface area contributed by atoms with E-state index in [1.807, 2.05) is 6.07 Å². The molecule has 1 atom stereocenters. The van der Waals surface area contributed by atoms with Gasteiger partial charge in [-0.05, 0) is 84.9 Å². The maximum atomic E-state index is 4.85. The normalized spacial score (nSPS) is 11.9. The molecular formula is C30H24S4+2. The summed E-state index contributed by atoms with van der Waals surface area (Å²) in [6.07, 6.45) is 0. The highest BCUT2D eigenvalue weighted by Gasteiger charge is 2.28. The van der Waals surface area contributed by atoms with Crippen LogP contribution in [0.4, 0.5) is 0 Å². The highest BCUT2D eigenvalue weighted by Crippen LogP contribution is 2.35. The van der Waals surface area contributed by atoms with Gasteiger partial charge in [0.25, 0.3) is 0 Å². The SMILES string of the molecule is S[S+](c1ccccc1)c1ccc(Sc2ccc([S+](c3ccccc3)c3ccccc3)cc2)cc1. The summed E-state index contributed by atoms with van der Waals surface area (Å²) in [7, 11) is -0.323. The van der Waals surface area contributed by atoms with Gasteiger partial charge in [-0.15, -0.1) is 0 Å². The van der Waals surface area contributed by atoms with Gasteiger partial charge in [-0.25, -0.2) is 0 Å². The zero-order valence-electron chi connectivity index (χ0n) is 18.5. The van der Waals surface area contributed by atoms with E-state index in [0.29, 0.717) is 0 Å². The molecule has 5 aromatic carbocycles. The standard InChI is InChI=1S/C30H24S4/c31-34(29-14-8-3-9-15-29)30-22-18-25(19-23-30)32-24-16-20-28(21-17-24)33(26-10-4-1-5-11-26)27-12-6-2-7-13-27/h1-23,31H/q+2. The maximum Gasteiger partial charge on any atom is 0.173 e. The van der Waals surface area contributed by atoms with Crippen LogP contribution in [0, 0.1) is 0 Å². The monoisotopic (exact) mass is 512 g/mol. The Labute approximate surface area is 217 Å². The van der Waals surface area contributed by atoms with E-state index in [1.165, 1.54) is 34.3 Å². The summed E-state index contributed by atoms with van der Waals surface area (Å²) in [4.78, 5) is 8.97. The van der Waals surface area contributed by atoms with Gasteiger partial charge in [0.2, 0.25) is 0 Å². The first-order chi connectivity index (χ1) is 16.8. The zero-order chi connectivity index (χ0) is 23.2. The van der Waals surface area contributed by atoms with Crippen molar-refractivity contribution in [1.29, 1.82) is 0 Å². The van der Waals surface area contributed by atoms with Gasteiger partial charge >= 0.3 is 0 Å². The lowest BCUT2D eigenvalue weighted by atomic mass is 10.3. The second-order valence-electron chi connectivity index (χ2n) is 7.57. The Morgan fingerprint density at radius 3 is 1.15 bits per heavy atom. The van der Waals surface area contributed by atoms with E-state index in [-0.39, 0.29) is 20.8 Å². The van der Waals surface area contributed by atoms with Crippen molar-refractivity contribution in [3.05, 3.63) is 140 Å². The quantitative estimate of drug-likeness (QED) is 0.129. The highest BCUT2D eigenvalue weighted by molar-refractivity contribution is 8.66. The van der Waals surface area contributed by atoms with Crippen LogP contribution >= 0.6 is 23.4 Å². The Kier molecular flexibility index (Phi) is 7.72. The molecule has 0 fully saturated rings. The smallest absolute Gasteiger partial charge is 0.0901 e. The first-order valence-electron chi connectivity index (χ1n) is 11.0. The molecule has 5 rings (SSSR count). The molecule has 0 bridgehead atoms. The fourth-order valence-corrected chi connectivity index (χ4v) is 8.33. The molecule has 1 unspecified atom stereocenters. The fraction of sp³-hybridized carbons (Fsp3) is 0. The van der Waals surface area contributed by atoms with E-state index in [1.54, 1.807) is 11.8 Å². The van der Waals surface area contributed by atoms with Crippen LogP contribution in [0.15, 0.2) is 174 Å². The molecule has 0 aliphatic carbocycles. The summed E-state index contributed by atoms with van der Waals surface area (Å²) >= 11 is 6.65. The Bertz CT molecular complexity index is 1260. The van der Waals surface area contributed by atoms with E-state index in [0.717, 1.165) is 0 Å². The van der Waals surface area contributed by atoms with Crippen molar-refractivity contribution >= 4 is 44.2 Å². The van der Waals surface area contributed by atoms with Crippen molar-refractivity contribution in [2.75, 3.05) is 0 Å². The zero-order valence-corrected chi connectivity index (χ0v) is 21.8. The van der Waals surface area contributed by atoms with Gasteiger partial charge in [-0.2, -0.15) is 0 Å². The minimum absolute atomic E-state index is 0.113. The van der Waals surface area contributed by atoms with Crippen LogP contribution in [0.25, 0.3) is 0 Å². The van der Waals surface area contributed by atoms with Crippen LogP contribution in [0.2, 0.25) is 0 Å². The maximum absolute atomic E-state index is 4.85. The molecule has 0 aromatic heterocycles. The van der Waals surface area contributed by atoms with Crippen LogP contribution in [0.3, 0.4) is 0 Å². The number of thiol groups is 1. The molecule has 0 spiro atoms. The van der Waals surface area contributed by atoms with Crippen molar-refractivity contribution < 1.29 is 0 Å². The predicted octanol–water partition coefficient (Wildman–Crippen LogP) is 8.81. The summed E-state index contributed by atoms with van der Waals surface area (Å²) in [6, 6.07) is 49.9. The highest BCUT2D eigenvalue weighted by atomic mass is 33.1. The second kappa shape index (κ2) is 11.3. The molecule has 34 heavy (non-hydrogen) atoms. The van der Waals surface area contributed by atoms with E-state index in [9.17, 15) is 0 Å². The third kappa shape index (κ3) is 5.59. The van der Waals surface area contributed by atoms with Crippen molar-refractivity contribution in [1.82, 2.24) is 0 Å². The van der Waals surface area contributed by atoms with E-state index >= 15 is 0 Å². The van der Waals surface area contributed by atoms with E-state index in [2.05, 4.69) is 133 Å². The average Bonchev–Trinajstić information content (AvgIpc) is 2.92. The Balaban J connectivity index is 1.34. The molecular weight excluding hydrogens is 489 g/mol. The number of benzene rings is 5. The molecule has 0 nitrogen and oxygen atoms in total. The van der Waals surface area contributed by atoms with Gasteiger partial charge in [0.15, 0.2) is 24.5 Å². The number of rotatable bonds is 7. The van der Waals surface area contributed by atoms with Crippen LogP contribution in [-0.4, -0.2) is 0 Å². The molecule has 0 amide bonds. The molecule has 0 radical (unpaired) electrons. The summed E-state index contributed by atoms with van der Waals surface area (Å²) in [5, 5.41) is 0. The molecule has 0 N–H and O–H groups in total. The molecule has 0 saturated heterocycles. The molecule has 166 valence electrons. The minimum Gasteiger partial charge on any atom is -0.0901 e. The predicted molar refractivity (Wildman–Crippen MR) is 151 cm³/mol. The molecule has 0 heterocycles. The molecule has 4 heteroatoms. The Morgan fingerprint density at radius 1 is 0.382 bits per heavy atom. The number of hydrogen-bond acceptors (Lipinski definition) is 2. The molecule has 5 aromatic rings. The van der Waals surface area contributed by atoms with Gasteiger partial charge in [0, 0.05) is 9.79 Å². The summed E-state index contributed by atoms with van der Waals surface area (Å²) in [6.45, 7) is 0. The average molecular weight is 513 g/mol. The topological polar surface area (TPSA) is 0 Å². The van der Waals surface area contributed by atoms with Gasteiger partial charge in [-0.3, -0.25) is 0 Å². The van der Waals surface area contributed by atoms with Gasteiger partial charge in [-0.1, -0.05) is 66.4 Å². The lowest BCUT2D eigenvalue weighted by Crippen LogP contribution is -2.04. The lowest BCUT2D eigenvalue weighted by Gasteiger charge is -2.09. The fourth-order valence-electron chi connectivity index (χ4n) is 3.62. The lowest BCUT2D eigenvalue weighted by molar-refractivity contribution is 1.28. The third-order valence-electron chi connectivity index (χ3n) is 5.27. The van der Waals surface area contributed by atoms with Gasteiger partial charge < -0.3 is 0 Å². The molecule has 0 aliphatic rings. The van der Waals surface area contributed by atoms with Crippen LogP contribution < -0.4 is 0 Å². The van der Waals surface area contributed by atoms with Crippen LogP contribution in [0.5, 0.6) is 0 Å². The first-order valence-corrected chi connectivity index (χ1v) is 15.3. The molecule has 0 aliphatic heterocycles. The van der Waals surface area contributed by atoms with E-state index in [4.69, 9.17) is 11.7 Å². The van der Waals surface area contributed by atoms with Crippen molar-refractivity contribution in [2.24, 2.45) is 0 Å². The summed E-state index contributed by atoms with van der Waals surface area (Å²) < 4.78 is 0. The van der Waals surface area contributed by atoms with Crippen molar-refractivity contribution in [3.63, 3.8) is 0 Å². The van der Waals surface area contributed by atoms with Gasteiger partial charge in [0.1, 0.15) is 9.93 Å². The second-order valence-corrected chi connectivity index (χ2v) is 13.4.